The van der Waals surface area contributed by atoms with Gasteiger partial charge in [-0.15, -0.1) is 0 Å². The summed E-state index contributed by atoms with van der Waals surface area (Å²) in [5, 5.41) is 10.9. The molecule has 0 saturated heterocycles. The Bertz CT molecular complexity index is 815. The van der Waals surface area contributed by atoms with Gasteiger partial charge in [0, 0.05) is 5.69 Å². The Labute approximate surface area is 135 Å². The Hall–Kier alpha value is -1.91. The fourth-order valence-electron chi connectivity index (χ4n) is 1.84. The van der Waals surface area contributed by atoms with E-state index in [1.807, 2.05) is 0 Å². The van der Waals surface area contributed by atoms with Crippen molar-refractivity contribution >= 4 is 28.6 Å². The molecule has 0 radical (unpaired) electrons. The molecule has 116 valence electrons. The summed E-state index contributed by atoms with van der Waals surface area (Å²) in [6.07, 6.45) is -4.58. The number of aromatic carboxylic acids is 1. The van der Waals surface area contributed by atoms with Gasteiger partial charge in [-0.2, -0.15) is 13.2 Å². The second-order valence-electron chi connectivity index (χ2n) is 4.31. The molecule has 0 aliphatic carbocycles. The van der Waals surface area contributed by atoms with Crippen LogP contribution >= 0.6 is 22.6 Å². The first-order chi connectivity index (χ1) is 10.1. The molecule has 0 spiro atoms. The highest BCUT2D eigenvalue weighted by atomic mass is 127. The number of nitrogens with zero attached hydrogens (tertiary/aromatic N) is 2. The Morgan fingerprint density at radius 2 is 2.00 bits per heavy atom. The molecule has 0 atom stereocenters. The zero-order chi connectivity index (χ0) is 16.7. The van der Waals surface area contributed by atoms with Gasteiger partial charge in [0.2, 0.25) is 0 Å². The summed E-state index contributed by atoms with van der Waals surface area (Å²) in [6.45, 7) is 1.45. The van der Waals surface area contributed by atoms with Gasteiger partial charge in [-0.1, -0.05) is 6.07 Å². The fraction of sp³-hybridized carbons (Fsp3) is 0.154. The molecule has 0 saturated carbocycles. The van der Waals surface area contributed by atoms with E-state index in [1.165, 1.54) is 13.0 Å². The first-order valence-corrected chi connectivity index (χ1v) is 6.89. The number of carbonyl (C=O) groups excluding carboxylic acids is 1. The molecule has 0 fully saturated rings. The minimum Gasteiger partial charge on any atom is -0.543 e. The number of carboxylic acid groups (broad SMARTS) is 1. The van der Waals surface area contributed by atoms with Gasteiger partial charge in [-0.25, -0.2) is 4.98 Å². The summed E-state index contributed by atoms with van der Waals surface area (Å²) in [5.41, 5.74) is -2.71. The quantitative estimate of drug-likeness (QED) is 0.687. The predicted molar refractivity (Wildman–Crippen MR) is 76.6 cm³/mol. The van der Waals surface area contributed by atoms with Crippen molar-refractivity contribution in [2.24, 2.45) is 0 Å². The van der Waals surface area contributed by atoms with Gasteiger partial charge in [0.15, 0.2) is 5.69 Å². The van der Waals surface area contributed by atoms with Gasteiger partial charge in [-0.05, 0) is 47.7 Å². The van der Waals surface area contributed by atoms with E-state index in [0.717, 1.165) is 22.8 Å². The maximum atomic E-state index is 12.8. The Morgan fingerprint density at radius 1 is 1.36 bits per heavy atom. The molecule has 0 bridgehead atoms. The number of alkyl halides is 3. The first kappa shape index (κ1) is 16.5. The second kappa shape index (κ2) is 5.71. The first-order valence-electron chi connectivity index (χ1n) is 5.81. The van der Waals surface area contributed by atoms with E-state index >= 15 is 0 Å². The van der Waals surface area contributed by atoms with Gasteiger partial charge in [-0.3, -0.25) is 9.36 Å². The summed E-state index contributed by atoms with van der Waals surface area (Å²) < 4.78 is 39.3. The third kappa shape index (κ3) is 2.98. The highest BCUT2D eigenvalue weighted by Gasteiger charge is 2.30. The lowest BCUT2D eigenvalue weighted by atomic mass is 10.2. The third-order valence-corrected chi connectivity index (χ3v) is 3.90. The number of hydrogen-bond donors (Lipinski definition) is 0. The van der Waals surface area contributed by atoms with E-state index in [0.29, 0.717) is 0 Å². The summed E-state index contributed by atoms with van der Waals surface area (Å²) in [4.78, 5) is 26.7. The molecule has 0 amide bonds. The van der Waals surface area contributed by atoms with Crippen LogP contribution in [0.25, 0.3) is 5.69 Å². The molecule has 9 heteroatoms. The molecule has 5 nitrogen and oxygen atoms in total. The van der Waals surface area contributed by atoms with Crippen LogP contribution in [0.5, 0.6) is 0 Å². The molecule has 2 aromatic rings. The average Bonchev–Trinajstić information content (AvgIpc) is 2.42. The van der Waals surface area contributed by atoms with E-state index in [-0.39, 0.29) is 15.1 Å². The van der Waals surface area contributed by atoms with Crippen LogP contribution in [0.4, 0.5) is 13.2 Å². The van der Waals surface area contributed by atoms with Crippen LogP contribution in [0.1, 0.15) is 21.7 Å². The number of rotatable bonds is 2. The van der Waals surface area contributed by atoms with Crippen LogP contribution in [-0.4, -0.2) is 15.5 Å². The fourth-order valence-corrected chi connectivity index (χ4v) is 2.32. The highest BCUT2D eigenvalue weighted by molar-refractivity contribution is 14.1. The molecular formula is C13H7F3IN2O3-. The summed E-state index contributed by atoms with van der Waals surface area (Å²) in [7, 11) is 0. The smallest absolute Gasteiger partial charge is 0.416 e. The lowest BCUT2D eigenvalue weighted by Gasteiger charge is -2.15. The molecule has 1 aromatic heterocycles. The predicted octanol–water partition coefficient (Wildman–Crippen LogP) is 1.53. The number of aromatic nitrogens is 2. The maximum absolute atomic E-state index is 12.8. The Balaban J connectivity index is 2.78. The number of benzene rings is 1. The number of halogens is 4. The van der Waals surface area contributed by atoms with Crippen LogP contribution in [0.2, 0.25) is 0 Å². The second-order valence-corrected chi connectivity index (χ2v) is 5.33. The van der Waals surface area contributed by atoms with Crippen molar-refractivity contribution in [2.45, 2.75) is 13.1 Å². The molecular weight excluding hydrogens is 416 g/mol. The average molecular weight is 423 g/mol. The van der Waals surface area contributed by atoms with Crippen molar-refractivity contribution in [1.82, 2.24) is 9.55 Å². The number of hydrogen-bond acceptors (Lipinski definition) is 4. The Morgan fingerprint density at radius 3 is 2.55 bits per heavy atom. The standard InChI is InChI=1S/C13H8F3IN2O3/c1-6-10(17)18-9(12(21)22)11(20)19(6)8-4-2-3-7(5-8)13(14,15)16/h2-5H,1H3,(H,21,22)/p-1. The topological polar surface area (TPSA) is 75.0 Å². The number of carboxylic acids is 1. The largest absolute Gasteiger partial charge is 0.543 e. The van der Waals surface area contributed by atoms with Crippen molar-refractivity contribution in [3.8, 4) is 5.69 Å². The SMILES string of the molecule is Cc1c(I)nc(C(=O)[O-])c(=O)n1-c1cccc(C(F)(F)F)c1. The minimum absolute atomic E-state index is 0.0971. The zero-order valence-electron chi connectivity index (χ0n) is 10.9. The van der Waals surface area contributed by atoms with E-state index in [9.17, 15) is 27.9 Å². The molecule has 0 unspecified atom stereocenters. The van der Waals surface area contributed by atoms with Gasteiger partial charge in [0.05, 0.1) is 17.2 Å². The van der Waals surface area contributed by atoms with Crippen LogP contribution in [0.15, 0.2) is 29.1 Å². The summed E-state index contributed by atoms with van der Waals surface area (Å²) >= 11 is 1.69. The lowest BCUT2D eigenvalue weighted by molar-refractivity contribution is -0.255. The molecule has 22 heavy (non-hydrogen) atoms. The molecule has 0 N–H and O–H groups in total. The lowest BCUT2D eigenvalue weighted by Crippen LogP contribution is -2.36. The van der Waals surface area contributed by atoms with Crippen molar-refractivity contribution in [2.75, 3.05) is 0 Å². The zero-order valence-corrected chi connectivity index (χ0v) is 13.1. The van der Waals surface area contributed by atoms with Gasteiger partial charge in [0.1, 0.15) is 3.70 Å². The van der Waals surface area contributed by atoms with E-state index < -0.39 is 29.0 Å². The van der Waals surface area contributed by atoms with Crippen LogP contribution in [-0.2, 0) is 6.18 Å². The van der Waals surface area contributed by atoms with Crippen LogP contribution < -0.4 is 10.7 Å². The normalized spacial score (nSPS) is 11.5. The monoisotopic (exact) mass is 423 g/mol. The molecule has 0 aliphatic rings. The van der Waals surface area contributed by atoms with Crippen LogP contribution in [0, 0.1) is 10.6 Å². The third-order valence-electron chi connectivity index (χ3n) is 2.87. The van der Waals surface area contributed by atoms with Crippen molar-refractivity contribution in [1.29, 1.82) is 0 Å². The van der Waals surface area contributed by atoms with E-state index in [2.05, 4.69) is 4.98 Å². The van der Waals surface area contributed by atoms with Gasteiger partial charge in [0.25, 0.3) is 5.56 Å². The van der Waals surface area contributed by atoms with Gasteiger partial charge < -0.3 is 9.90 Å². The number of carbonyl (C=O) groups is 1. The molecule has 2 rings (SSSR count). The highest BCUT2D eigenvalue weighted by Crippen LogP contribution is 2.30. The van der Waals surface area contributed by atoms with E-state index in [1.54, 1.807) is 22.6 Å². The maximum Gasteiger partial charge on any atom is 0.416 e. The molecule has 1 heterocycles. The van der Waals surface area contributed by atoms with Gasteiger partial charge >= 0.3 is 6.18 Å². The minimum atomic E-state index is -4.58. The van der Waals surface area contributed by atoms with Crippen molar-refractivity contribution in [3.63, 3.8) is 0 Å². The van der Waals surface area contributed by atoms with Crippen molar-refractivity contribution < 1.29 is 23.1 Å². The molecule has 1 aromatic carbocycles. The van der Waals surface area contributed by atoms with Crippen LogP contribution in [0.3, 0.4) is 0 Å². The molecule has 0 aliphatic heterocycles. The summed E-state index contributed by atoms with van der Waals surface area (Å²) in [5.74, 6) is -1.79. The summed E-state index contributed by atoms with van der Waals surface area (Å²) in [6, 6.07) is 4.04. The Kier molecular flexibility index (Phi) is 4.27. The van der Waals surface area contributed by atoms with E-state index in [4.69, 9.17) is 0 Å². The van der Waals surface area contributed by atoms with Crippen molar-refractivity contribution in [3.05, 3.63) is 55.3 Å².